The number of nitrogens with zero attached hydrogens (tertiary/aromatic N) is 5. The molecule has 0 aliphatic carbocycles. The Hall–Kier alpha value is -4.29. The van der Waals surface area contributed by atoms with Crippen LogP contribution in [0.5, 0.6) is 0 Å². The highest BCUT2D eigenvalue weighted by molar-refractivity contribution is 6.31. The molecule has 1 N–H and O–H groups in total. The summed E-state index contributed by atoms with van der Waals surface area (Å²) in [4.78, 5) is 28.4. The first kappa shape index (κ1) is 21.9. The molecule has 9 nitrogen and oxygen atoms in total. The second-order valence-electron chi connectivity index (χ2n) is 7.58. The summed E-state index contributed by atoms with van der Waals surface area (Å²) in [5.41, 5.74) is 3.24. The van der Waals surface area contributed by atoms with Crippen molar-refractivity contribution in [3.8, 4) is 11.9 Å². The van der Waals surface area contributed by atoms with Gasteiger partial charge in [-0.3, -0.25) is 14.9 Å². The Balaban J connectivity index is 1.83. The van der Waals surface area contributed by atoms with Gasteiger partial charge in [-0.2, -0.15) is 15.0 Å². The number of rotatable bonds is 4. The van der Waals surface area contributed by atoms with Gasteiger partial charge < -0.3 is 5.32 Å². The molecule has 0 bridgehead atoms. The van der Waals surface area contributed by atoms with E-state index in [1.54, 1.807) is 6.07 Å². The van der Waals surface area contributed by atoms with Crippen LogP contribution < -0.4 is 5.32 Å². The second-order valence-corrected chi connectivity index (χ2v) is 8.01. The third kappa shape index (κ3) is 4.00. The fourth-order valence-corrected chi connectivity index (χ4v) is 3.85. The van der Waals surface area contributed by atoms with Crippen LogP contribution in [-0.2, 0) is 0 Å². The average Bonchev–Trinajstić information content (AvgIpc) is 3.16. The number of nitrogens with one attached hydrogen (secondary N) is 1. The zero-order valence-corrected chi connectivity index (χ0v) is 18.6. The lowest BCUT2D eigenvalue weighted by molar-refractivity contribution is -0.385. The van der Waals surface area contributed by atoms with E-state index in [0.717, 1.165) is 33.7 Å². The first-order valence-electron chi connectivity index (χ1n) is 9.82. The number of aryl methyl sites for hydroxylation is 3. The molecule has 4 rings (SSSR count). The van der Waals surface area contributed by atoms with Crippen molar-refractivity contribution in [1.29, 1.82) is 5.26 Å². The van der Waals surface area contributed by atoms with Crippen LogP contribution in [0.15, 0.2) is 42.6 Å². The van der Waals surface area contributed by atoms with Gasteiger partial charge in [0.05, 0.1) is 16.6 Å². The van der Waals surface area contributed by atoms with Crippen molar-refractivity contribution in [2.45, 2.75) is 20.8 Å². The van der Waals surface area contributed by atoms with Crippen molar-refractivity contribution in [2.24, 2.45) is 0 Å². The van der Waals surface area contributed by atoms with Gasteiger partial charge in [0.2, 0.25) is 0 Å². The summed E-state index contributed by atoms with van der Waals surface area (Å²) in [6.45, 7) is 5.91. The van der Waals surface area contributed by atoms with Crippen molar-refractivity contribution < 1.29 is 9.72 Å². The van der Waals surface area contributed by atoms with Crippen molar-refractivity contribution in [3.63, 3.8) is 0 Å². The van der Waals surface area contributed by atoms with Crippen LogP contribution in [0.3, 0.4) is 0 Å². The van der Waals surface area contributed by atoms with Crippen LogP contribution in [0, 0.1) is 42.2 Å². The molecule has 0 spiro atoms. The summed E-state index contributed by atoms with van der Waals surface area (Å²) >= 11 is 5.84. The van der Waals surface area contributed by atoms with Crippen molar-refractivity contribution in [3.05, 3.63) is 85.5 Å². The van der Waals surface area contributed by atoms with Gasteiger partial charge >= 0.3 is 0 Å². The molecule has 2 aromatic carbocycles. The van der Waals surface area contributed by atoms with Gasteiger partial charge in [0.1, 0.15) is 17.2 Å². The van der Waals surface area contributed by atoms with Crippen LogP contribution in [-0.4, -0.2) is 25.6 Å². The van der Waals surface area contributed by atoms with Gasteiger partial charge in [0.25, 0.3) is 11.6 Å². The number of nitro benzene ring substituents is 1. The summed E-state index contributed by atoms with van der Waals surface area (Å²) in [5, 5.41) is 28.9. The predicted molar refractivity (Wildman–Crippen MR) is 124 cm³/mol. The highest BCUT2D eigenvalue weighted by atomic mass is 35.5. The smallest absolute Gasteiger partial charge is 0.283 e. The van der Waals surface area contributed by atoms with Crippen LogP contribution in [0.1, 0.15) is 32.6 Å². The molecule has 1 amide bonds. The van der Waals surface area contributed by atoms with Crippen LogP contribution in [0.4, 0.5) is 11.5 Å². The first-order valence-corrected chi connectivity index (χ1v) is 10.2. The second kappa shape index (κ2) is 8.33. The number of carbonyl (C=O) groups excluding carboxylic acids is 1. The van der Waals surface area contributed by atoms with E-state index in [0.29, 0.717) is 5.82 Å². The molecule has 0 aliphatic heterocycles. The number of anilines is 1. The highest BCUT2D eigenvalue weighted by Crippen LogP contribution is 2.28. The van der Waals surface area contributed by atoms with Gasteiger partial charge in [-0.15, -0.1) is 0 Å². The number of hydrogen-bond acceptors (Lipinski definition) is 6. The van der Waals surface area contributed by atoms with E-state index in [1.165, 1.54) is 23.0 Å². The van der Waals surface area contributed by atoms with Gasteiger partial charge in [-0.25, -0.2) is 4.98 Å². The number of benzene rings is 2. The van der Waals surface area contributed by atoms with Gasteiger partial charge in [-0.05, 0) is 56.2 Å². The monoisotopic (exact) mass is 460 g/mol. The summed E-state index contributed by atoms with van der Waals surface area (Å²) in [7, 11) is 0. The van der Waals surface area contributed by atoms with E-state index in [-0.39, 0.29) is 22.0 Å². The average molecular weight is 461 g/mol. The van der Waals surface area contributed by atoms with Gasteiger partial charge in [-0.1, -0.05) is 23.2 Å². The predicted octanol–water partition coefficient (Wildman–Crippen LogP) is 5.03. The lowest BCUT2D eigenvalue weighted by Crippen LogP contribution is -2.18. The molecule has 2 aromatic heterocycles. The van der Waals surface area contributed by atoms with Crippen LogP contribution >= 0.6 is 11.6 Å². The maximum atomic E-state index is 12.9. The third-order valence-corrected chi connectivity index (χ3v) is 5.42. The lowest BCUT2D eigenvalue weighted by Gasteiger charge is -2.13. The number of halogens is 1. The van der Waals surface area contributed by atoms with Crippen molar-refractivity contribution in [1.82, 2.24) is 14.8 Å². The Morgan fingerprint density at radius 2 is 1.94 bits per heavy atom. The molecule has 33 heavy (non-hydrogen) atoms. The Morgan fingerprint density at radius 1 is 1.18 bits per heavy atom. The molecule has 10 heteroatoms. The van der Waals surface area contributed by atoms with Gasteiger partial charge in [0.15, 0.2) is 11.6 Å². The number of fused-ring (bicyclic) bond motifs is 1. The van der Waals surface area contributed by atoms with Crippen LogP contribution in [0.2, 0.25) is 5.02 Å². The molecule has 0 radical (unpaired) electrons. The number of amides is 1. The molecule has 0 aliphatic rings. The topological polar surface area (TPSA) is 127 Å². The summed E-state index contributed by atoms with van der Waals surface area (Å²) in [5.74, 6) is -0.321. The van der Waals surface area contributed by atoms with Crippen LogP contribution in [0.25, 0.3) is 16.7 Å². The standard InChI is InChI=1S/C23H17ClN6O3/c1-12-6-14(3)21-18(7-12)13(2)8-20(27-21)29-22(15(10-25)11-26-29)28-23(31)17-5-4-16(24)9-19(17)30(32)33/h4-9,11H,1-3H3,(H,28,31). The number of aromatic nitrogens is 3. The number of carbonyl (C=O) groups is 1. The zero-order valence-electron chi connectivity index (χ0n) is 17.9. The summed E-state index contributed by atoms with van der Waals surface area (Å²) < 4.78 is 1.34. The van der Waals surface area contributed by atoms with E-state index in [4.69, 9.17) is 16.6 Å². The third-order valence-electron chi connectivity index (χ3n) is 5.18. The molecule has 2 heterocycles. The Labute approximate surface area is 193 Å². The largest absolute Gasteiger partial charge is 0.305 e. The quantitative estimate of drug-likeness (QED) is 0.336. The van der Waals surface area contributed by atoms with Gasteiger partial charge in [0, 0.05) is 16.5 Å². The Kier molecular flexibility index (Phi) is 5.54. The minimum absolute atomic E-state index is 0.0581. The molecule has 164 valence electrons. The van der Waals surface area contributed by atoms with Crippen molar-refractivity contribution >= 4 is 39.9 Å². The molecule has 0 saturated heterocycles. The Bertz CT molecular complexity index is 1500. The minimum atomic E-state index is -0.777. The number of hydrogen-bond donors (Lipinski definition) is 1. The molecule has 4 aromatic rings. The lowest BCUT2D eigenvalue weighted by atomic mass is 10.0. The fourth-order valence-electron chi connectivity index (χ4n) is 3.68. The summed E-state index contributed by atoms with van der Waals surface area (Å²) in [6, 6.07) is 11.6. The normalized spacial score (nSPS) is 10.8. The van der Waals surface area contributed by atoms with E-state index in [9.17, 15) is 20.2 Å². The van der Waals surface area contributed by atoms with E-state index >= 15 is 0 Å². The summed E-state index contributed by atoms with van der Waals surface area (Å²) in [6.07, 6.45) is 1.30. The minimum Gasteiger partial charge on any atom is -0.305 e. The number of nitro groups is 1. The molecule has 0 atom stereocenters. The highest BCUT2D eigenvalue weighted by Gasteiger charge is 2.24. The molecule has 0 unspecified atom stereocenters. The van der Waals surface area contributed by atoms with Crippen molar-refractivity contribution in [2.75, 3.05) is 5.32 Å². The SMILES string of the molecule is Cc1cc(C)c2nc(-n3ncc(C#N)c3NC(=O)c3ccc(Cl)cc3[N+](=O)[O-])cc(C)c2c1. The van der Waals surface area contributed by atoms with E-state index < -0.39 is 16.5 Å². The van der Waals surface area contributed by atoms with E-state index in [1.807, 2.05) is 39.0 Å². The fraction of sp³-hybridized carbons (Fsp3) is 0.130. The molecule has 0 fully saturated rings. The molecular weight excluding hydrogens is 444 g/mol. The maximum absolute atomic E-state index is 12.9. The number of pyridine rings is 1. The molecular formula is C23H17ClN6O3. The first-order chi connectivity index (χ1) is 15.7. The molecule has 0 saturated carbocycles. The maximum Gasteiger partial charge on any atom is 0.283 e. The van der Waals surface area contributed by atoms with E-state index in [2.05, 4.69) is 10.4 Å². The Morgan fingerprint density at radius 3 is 2.64 bits per heavy atom. The zero-order chi connectivity index (χ0) is 23.9. The number of nitriles is 1.